The maximum absolute atomic E-state index is 4.70. The Balaban J connectivity index is 1.90. The third kappa shape index (κ3) is 3.46. The molecule has 0 spiro atoms. The van der Waals surface area contributed by atoms with Gasteiger partial charge in [0.1, 0.15) is 10.6 Å². The molecule has 0 radical (unpaired) electrons. The van der Waals surface area contributed by atoms with Gasteiger partial charge in [-0.25, -0.2) is 4.98 Å². The van der Waals surface area contributed by atoms with Crippen LogP contribution in [0.15, 0.2) is 6.07 Å². The average molecular weight is 304 g/mol. The Morgan fingerprint density at radius 3 is 2.67 bits per heavy atom. The predicted octanol–water partition coefficient (Wildman–Crippen LogP) is 4.57. The molecule has 2 heterocycles. The van der Waals surface area contributed by atoms with Crippen LogP contribution in [0.4, 0.5) is 11.8 Å². The van der Waals surface area contributed by atoms with Crippen molar-refractivity contribution in [2.75, 3.05) is 17.2 Å². The fraction of sp³-hybridized carbons (Fsp3) is 0.625. The number of aromatic nitrogens is 2. The van der Waals surface area contributed by atoms with Crippen LogP contribution in [0, 0.1) is 6.92 Å². The molecule has 1 aliphatic carbocycles. The van der Waals surface area contributed by atoms with Crippen molar-refractivity contribution in [1.82, 2.24) is 9.97 Å². The number of nitrogens with zero attached hydrogens (tertiary/aromatic N) is 2. The highest BCUT2D eigenvalue weighted by Gasteiger charge is 2.16. The van der Waals surface area contributed by atoms with E-state index < -0.39 is 0 Å². The summed E-state index contributed by atoms with van der Waals surface area (Å²) in [5, 5.41) is 8.10. The third-order valence-corrected chi connectivity index (χ3v) is 4.99. The van der Waals surface area contributed by atoms with Gasteiger partial charge in [-0.15, -0.1) is 11.3 Å². The molecule has 5 heteroatoms. The Kier molecular flexibility index (Phi) is 4.58. The van der Waals surface area contributed by atoms with E-state index >= 15 is 0 Å². The first-order valence-electron chi connectivity index (χ1n) is 8.05. The maximum atomic E-state index is 4.70. The summed E-state index contributed by atoms with van der Waals surface area (Å²) >= 11 is 1.74. The van der Waals surface area contributed by atoms with E-state index in [1.165, 1.54) is 48.8 Å². The van der Waals surface area contributed by atoms with Gasteiger partial charge in [0.2, 0.25) is 5.95 Å². The van der Waals surface area contributed by atoms with Gasteiger partial charge in [0.15, 0.2) is 0 Å². The van der Waals surface area contributed by atoms with Crippen molar-refractivity contribution in [3.63, 3.8) is 0 Å². The second-order valence-corrected chi connectivity index (χ2v) is 7.07. The fourth-order valence-electron chi connectivity index (χ4n) is 3.01. The fourth-order valence-corrected chi connectivity index (χ4v) is 3.89. The summed E-state index contributed by atoms with van der Waals surface area (Å²) in [7, 11) is 0. The highest BCUT2D eigenvalue weighted by Crippen LogP contribution is 2.31. The Morgan fingerprint density at radius 1 is 1.19 bits per heavy atom. The summed E-state index contributed by atoms with van der Waals surface area (Å²) in [5.74, 6) is 1.75. The normalized spacial score (nSPS) is 16.9. The maximum Gasteiger partial charge on any atom is 0.226 e. The van der Waals surface area contributed by atoms with Crippen LogP contribution in [0.25, 0.3) is 10.2 Å². The monoisotopic (exact) mass is 304 g/mol. The van der Waals surface area contributed by atoms with Crippen molar-refractivity contribution in [3.05, 3.63) is 10.9 Å². The second-order valence-electron chi connectivity index (χ2n) is 5.83. The Labute approximate surface area is 130 Å². The van der Waals surface area contributed by atoms with Gasteiger partial charge < -0.3 is 10.6 Å². The van der Waals surface area contributed by atoms with Crippen molar-refractivity contribution in [2.24, 2.45) is 0 Å². The highest BCUT2D eigenvalue weighted by atomic mass is 32.1. The van der Waals surface area contributed by atoms with E-state index in [0.717, 1.165) is 23.1 Å². The molecular weight excluding hydrogens is 280 g/mol. The van der Waals surface area contributed by atoms with Gasteiger partial charge in [0, 0.05) is 17.5 Å². The molecule has 2 N–H and O–H groups in total. The van der Waals surface area contributed by atoms with E-state index in [0.29, 0.717) is 6.04 Å². The quantitative estimate of drug-likeness (QED) is 0.813. The molecule has 2 aromatic heterocycles. The van der Waals surface area contributed by atoms with Crippen LogP contribution >= 0.6 is 11.3 Å². The lowest BCUT2D eigenvalue weighted by Gasteiger charge is -2.18. The SMILES string of the molecule is CCNc1nc(NC2CCCCCC2)c2cc(C)sc2n1. The molecule has 4 nitrogen and oxygen atoms in total. The summed E-state index contributed by atoms with van der Waals surface area (Å²) in [4.78, 5) is 11.7. The van der Waals surface area contributed by atoms with E-state index in [2.05, 4.69) is 35.5 Å². The van der Waals surface area contributed by atoms with Gasteiger partial charge in [0.05, 0.1) is 5.39 Å². The first kappa shape index (κ1) is 14.6. The van der Waals surface area contributed by atoms with Crippen LogP contribution in [0.2, 0.25) is 0 Å². The summed E-state index contributed by atoms with van der Waals surface area (Å²) in [6.45, 7) is 5.05. The largest absolute Gasteiger partial charge is 0.367 e. The van der Waals surface area contributed by atoms with E-state index in [-0.39, 0.29) is 0 Å². The number of thiophene rings is 1. The van der Waals surface area contributed by atoms with E-state index in [9.17, 15) is 0 Å². The van der Waals surface area contributed by atoms with Crippen molar-refractivity contribution in [2.45, 2.75) is 58.4 Å². The van der Waals surface area contributed by atoms with Gasteiger partial charge >= 0.3 is 0 Å². The summed E-state index contributed by atoms with van der Waals surface area (Å²) in [5.41, 5.74) is 0. The number of hydrogen-bond acceptors (Lipinski definition) is 5. The molecule has 0 saturated heterocycles. The lowest BCUT2D eigenvalue weighted by molar-refractivity contribution is 0.618. The Bertz CT molecular complexity index is 600. The zero-order valence-electron chi connectivity index (χ0n) is 12.9. The summed E-state index contributed by atoms with van der Waals surface area (Å²) in [6.07, 6.45) is 7.91. The molecule has 0 unspecified atom stereocenters. The molecule has 3 rings (SSSR count). The zero-order chi connectivity index (χ0) is 14.7. The minimum absolute atomic E-state index is 0.556. The topological polar surface area (TPSA) is 49.8 Å². The van der Waals surface area contributed by atoms with Gasteiger partial charge in [-0.1, -0.05) is 25.7 Å². The third-order valence-electron chi connectivity index (χ3n) is 4.05. The van der Waals surface area contributed by atoms with Gasteiger partial charge in [0.25, 0.3) is 0 Å². The smallest absolute Gasteiger partial charge is 0.226 e. The number of aryl methyl sites for hydroxylation is 1. The summed E-state index contributed by atoms with van der Waals surface area (Å²) in [6, 6.07) is 2.76. The molecule has 0 amide bonds. The lowest BCUT2D eigenvalue weighted by Crippen LogP contribution is -2.19. The van der Waals surface area contributed by atoms with Crippen LogP contribution in [0.1, 0.15) is 50.3 Å². The van der Waals surface area contributed by atoms with Crippen LogP contribution in [0.5, 0.6) is 0 Å². The van der Waals surface area contributed by atoms with Crippen molar-refractivity contribution in [1.29, 1.82) is 0 Å². The molecule has 1 saturated carbocycles. The zero-order valence-corrected chi connectivity index (χ0v) is 13.7. The number of hydrogen-bond donors (Lipinski definition) is 2. The van der Waals surface area contributed by atoms with Crippen molar-refractivity contribution < 1.29 is 0 Å². The summed E-state index contributed by atoms with van der Waals surface area (Å²) < 4.78 is 0. The standard InChI is InChI=1S/C16H24N4S/c1-3-17-16-19-14(13-10-11(2)21-15(13)20-16)18-12-8-6-4-5-7-9-12/h10,12H,3-9H2,1-2H3,(H2,17,18,19,20). The molecule has 1 aliphatic rings. The first-order valence-corrected chi connectivity index (χ1v) is 8.86. The Morgan fingerprint density at radius 2 is 1.95 bits per heavy atom. The molecule has 21 heavy (non-hydrogen) atoms. The number of anilines is 2. The molecule has 0 atom stereocenters. The average Bonchev–Trinajstić information content (AvgIpc) is 2.67. The molecule has 0 aromatic carbocycles. The molecule has 1 fully saturated rings. The minimum atomic E-state index is 0.556. The first-order chi connectivity index (χ1) is 10.3. The Hall–Kier alpha value is -1.36. The minimum Gasteiger partial charge on any atom is -0.367 e. The van der Waals surface area contributed by atoms with Gasteiger partial charge in [-0.2, -0.15) is 4.98 Å². The molecule has 0 bridgehead atoms. The molecule has 114 valence electrons. The van der Waals surface area contributed by atoms with Crippen LogP contribution < -0.4 is 10.6 Å². The van der Waals surface area contributed by atoms with Crippen molar-refractivity contribution >= 4 is 33.3 Å². The molecule has 2 aromatic rings. The van der Waals surface area contributed by atoms with Gasteiger partial charge in [-0.3, -0.25) is 0 Å². The van der Waals surface area contributed by atoms with Crippen LogP contribution in [-0.4, -0.2) is 22.6 Å². The van der Waals surface area contributed by atoms with E-state index in [4.69, 9.17) is 4.98 Å². The van der Waals surface area contributed by atoms with Crippen LogP contribution in [-0.2, 0) is 0 Å². The van der Waals surface area contributed by atoms with E-state index in [1.54, 1.807) is 11.3 Å². The van der Waals surface area contributed by atoms with E-state index in [1.807, 2.05) is 0 Å². The highest BCUT2D eigenvalue weighted by molar-refractivity contribution is 7.18. The molecular formula is C16H24N4S. The number of nitrogens with one attached hydrogen (secondary N) is 2. The number of fused-ring (bicyclic) bond motifs is 1. The van der Waals surface area contributed by atoms with Crippen LogP contribution in [0.3, 0.4) is 0 Å². The number of rotatable bonds is 4. The molecule has 0 aliphatic heterocycles. The second kappa shape index (κ2) is 6.60. The van der Waals surface area contributed by atoms with Crippen molar-refractivity contribution in [3.8, 4) is 0 Å². The lowest BCUT2D eigenvalue weighted by atomic mass is 10.1. The van der Waals surface area contributed by atoms with Gasteiger partial charge in [-0.05, 0) is 32.8 Å². The predicted molar refractivity (Wildman–Crippen MR) is 91.4 cm³/mol.